The summed E-state index contributed by atoms with van der Waals surface area (Å²) >= 11 is 5.72. The number of hydrogen-bond donors (Lipinski definition) is 1. The lowest BCUT2D eigenvalue weighted by atomic mass is 10.2. The highest BCUT2D eigenvalue weighted by molar-refractivity contribution is 7.89. The Bertz CT molecular complexity index is 773. The van der Waals surface area contributed by atoms with Gasteiger partial charge in [0.05, 0.1) is 22.6 Å². The lowest BCUT2D eigenvalue weighted by molar-refractivity contribution is -0.384. The van der Waals surface area contributed by atoms with Gasteiger partial charge in [0.15, 0.2) is 5.76 Å². The second-order valence-electron chi connectivity index (χ2n) is 4.13. The average molecular weight is 332 g/mol. The monoisotopic (exact) mass is 331 g/mol. The van der Waals surface area contributed by atoms with E-state index in [4.69, 9.17) is 16.1 Å². The third-order valence-corrected chi connectivity index (χ3v) is 4.50. The van der Waals surface area contributed by atoms with Gasteiger partial charge in [-0.05, 0) is 18.6 Å². The van der Waals surface area contributed by atoms with Gasteiger partial charge in [0.25, 0.3) is 5.69 Å². The number of nitrogens with zero attached hydrogens (tertiary/aromatic N) is 2. The van der Waals surface area contributed by atoms with Gasteiger partial charge in [0.2, 0.25) is 10.0 Å². The Morgan fingerprint density at radius 2 is 2.19 bits per heavy atom. The van der Waals surface area contributed by atoms with Gasteiger partial charge < -0.3 is 4.52 Å². The van der Waals surface area contributed by atoms with E-state index in [1.165, 1.54) is 25.3 Å². The molecule has 2 rings (SSSR count). The first-order chi connectivity index (χ1) is 9.81. The largest absolute Gasteiger partial charge is 0.360 e. The predicted molar refractivity (Wildman–Crippen MR) is 73.4 cm³/mol. The van der Waals surface area contributed by atoms with Crippen molar-refractivity contribution in [2.45, 2.75) is 18.4 Å². The van der Waals surface area contributed by atoms with E-state index >= 15 is 0 Å². The first-order valence-corrected chi connectivity index (χ1v) is 7.51. The van der Waals surface area contributed by atoms with E-state index in [-0.39, 0.29) is 16.5 Å². The van der Waals surface area contributed by atoms with Gasteiger partial charge in [0.1, 0.15) is 5.02 Å². The van der Waals surface area contributed by atoms with Crippen molar-refractivity contribution in [2.24, 2.45) is 0 Å². The highest BCUT2D eigenvalue weighted by Gasteiger charge is 2.23. The molecule has 1 N–H and O–H groups in total. The quantitative estimate of drug-likeness (QED) is 0.662. The first kappa shape index (κ1) is 15.4. The molecule has 0 saturated carbocycles. The third kappa shape index (κ3) is 3.38. The van der Waals surface area contributed by atoms with Crippen LogP contribution in [0.4, 0.5) is 5.69 Å². The zero-order valence-corrected chi connectivity index (χ0v) is 12.3. The fourth-order valence-corrected chi connectivity index (χ4v) is 3.17. The molecule has 1 aromatic carbocycles. The molecular formula is C11H10ClN3O5S. The lowest BCUT2D eigenvalue weighted by Crippen LogP contribution is -2.24. The van der Waals surface area contributed by atoms with Crippen LogP contribution >= 0.6 is 11.6 Å². The van der Waals surface area contributed by atoms with Gasteiger partial charge in [-0.1, -0.05) is 16.8 Å². The number of halogens is 1. The minimum atomic E-state index is -3.94. The maximum atomic E-state index is 12.2. The molecule has 1 heterocycles. The summed E-state index contributed by atoms with van der Waals surface area (Å²) in [4.78, 5) is 9.89. The number of hydrogen-bond acceptors (Lipinski definition) is 6. The van der Waals surface area contributed by atoms with Gasteiger partial charge in [-0.15, -0.1) is 0 Å². The lowest BCUT2D eigenvalue weighted by Gasteiger charge is -2.08. The van der Waals surface area contributed by atoms with Crippen molar-refractivity contribution < 1.29 is 17.9 Å². The minimum Gasteiger partial charge on any atom is -0.360 e. The molecule has 0 aliphatic rings. The molecule has 0 spiro atoms. The molecule has 0 bridgehead atoms. The maximum Gasteiger partial charge on any atom is 0.289 e. The molecular weight excluding hydrogens is 322 g/mol. The number of aromatic nitrogens is 1. The van der Waals surface area contributed by atoms with Gasteiger partial charge in [-0.25, -0.2) is 13.1 Å². The van der Waals surface area contributed by atoms with Crippen LogP contribution in [0.25, 0.3) is 0 Å². The molecule has 21 heavy (non-hydrogen) atoms. The standard InChI is InChI=1S/C11H10ClN3O5S/c1-7-4-9(12)10(15(16)17)5-11(7)21(18,19)14-6-8-2-3-13-20-8/h2-5,14H,6H2,1H3. The van der Waals surface area contributed by atoms with Gasteiger partial charge >= 0.3 is 0 Å². The molecule has 8 nitrogen and oxygen atoms in total. The Morgan fingerprint density at radius 1 is 1.48 bits per heavy atom. The summed E-state index contributed by atoms with van der Waals surface area (Å²) in [6.45, 7) is 1.39. The summed E-state index contributed by atoms with van der Waals surface area (Å²) < 4.78 is 31.4. The molecule has 112 valence electrons. The highest BCUT2D eigenvalue weighted by Crippen LogP contribution is 2.30. The molecule has 2 aromatic rings. The minimum absolute atomic E-state index is 0.113. The number of aryl methyl sites for hydroxylation is 1. The fraction of sp³-hybridized carbons (Fsp3) is 0.182. The predicted octanol–water partition coefficient (Wildman–Crippen LogP) is 2.02. The van der Waals surface area contributed by atoms with Gasteiger partial charge in [-0.2, -0.15) is 0 Å². The summed E-state index contributed by atoms with van der Waals surface area (Å²) in [6, 6.07) is 3.67. The van der Waals surface area contributed by atoms with Gasteiger partial charge in [-0.3, -0.25) is 10.1 Å². The molecule has 0 amide bonds. The van der Waals surface area contributed by atoms with E-state index in [2.05, 4.69) is 9.88 Å². The van der Waals surface area contributed by atoms with Crippen molar-refractivity contribution in [1.29, 1.82) is 0 Å². The summed E-state index contributed by atoms with van der Waals surface area (Å²) in [6.07, 6.45) is 1.38. The van der Waals surface area contributed by atoms with Crippen LogP contribution < -0.4 is 4.72 Å². The maximum absolute atomic E-state index is 12.2. The zero-order chi connectivity index (χ0) is 15.6. The molecule has 0 unspecified atom stereocenters. The first-order valence-electron chi connectivity index (χ1n) is 5.65. The van der Waals surface area contributed by atoms with Crippen LogP contribution in [0.15, 0.2) is 33.8 Å². The van der Waals surface area contributed by atoms with Crippen molar-refractivity contribution in [1.82, 2.24) is 9.88 Å². The number of benzene rings is 1. The Labute approximate surface area is 124 Å². The van der Waals surface area contributed by atoms with Crippen LogP contribution in [0.5, 0.6) is 0 Å². The molecule has 0 aliphatic carbocycles. The van der Waals surface area contributed by atoms with Crippen LogP contribution in [-0.4, -0.2) is 18.5 Å². The van der Waals surface area contributed by atoms with Gasteiger partial charge in [0, 0.05) is 12.1 Å². The van der Waals surface area contributed by atoms with E-state index in [1.807, 2.05) is 0 Å². The van der Waals surface area contributed by atoms with E-state index in [0.717, 1.165) is 6.07 Å². The number of nitro groups is 1. The van der Waals surface area contributed by atoms with E-state index in [0.29, 0.717) is 11.3 Å². The summed E-state index contributed by atoms with van der Waals surface area (Å²) in [5, 5.41) is 14.2. The summed E-state index contributed by atoms with van der Waals surface area (Å²) in [7, 11) is -3.94. The van der Waals surface area contributed by atoms with Crippen molar-refractivity contribution >= 4 is 27.3 Å². The van der Waals surface area contributed by atoms with Crippen LogP contribution in [0.1, 0.15) is 11.3 Å². The van der Waals surface area contributed by atoms with Crippen LogP contribution in [0.3, 0.4) is 0 Å². The SMILES string of the molecule is Cc1cc(Cl)c([N+](=O)[O-])cc1S(=O)(=O)NCc1ccno1. The van der Waals surface area contributed by atoms with E-state index in [9.17, 15) is 18.5 Å². The van der Waals surface area contributed by atoms with E-state index < -0.39 is 20.6 Å². The normalized spacial score (nSPS) is 11.5. The molecule has 10 heteroatoms. The van der Waals surface area contributed by atoms with E-state index in [1.54, 1.807) is 0 Å². The summed E-state index contributed by atoms with van der Waals surface area (Å²) in [5.41, 5.74) is -0.169. The number of nitrogens with one attached hydrogen (secondary N) is 1. The van der Waals surface area contributed by atoms with Crippen molar-refractivity contribution in [3.05, 3.63) is 50.9 Å². The molecule has 0 atom stereocenters. The summed E-state index contributed by atoms with van der Waals surface area (Å²) in [5.74, 6) is 0.319. The number of sulfonamides is 1. The molecule has 0 radical (unpaired) electrons. The van der Waals surface area contributed by atoms with Crippen LogP contribution in [0, 0.1) is 17.0 Å². The smallest absolute Gasteiger partial charge is 0.289 e. The van der Waals surface area contributed by atoms with Crippen LogP contribution in [-0.2, 0) is 16.6 Å². The van der Waals surface area contributed by atoms with Crippen molar-refractivity contribution in [3.8, 4) is 0 Å². The Kier molecular flexibility index (Phi) is 4.26. The molecule has 1 aromatic heterocycles. The topological polar surface area (TPSA) is 115 Å². The Balaban J connectivity index is 2.35. The molecule has 0 fully saturated rings. The zero-order valence-electron chi connectivity index (χ0n) is 10.7. The molecule has 0 saturated heterocycles. The second kappa shape index (κ2) is 5.80. The Hall–Kier alpha value is -1.97. The number of rotatable bonds is 5. The average Bonchev–Trinajstić information content (AvgIpc) is 2.88. The number of nitro benzene ring substituents is 1. The molecule has 0 aliphatic heterocycles. The second-order valence-corrected chi connectivity index (χ2v) is 6.27. The van der Waals surface area contributed by atoms with Crippen LogP contribution in [0.2, 0.25) is 5.02 Å². The highest BCUT2D eigenvalue weighted by atomic mass is 35.5. The van der Waals surface area contributed by atoms with Crippen molar-refractivity contribution in [2.75, 3.05) is 0 Å². The van der Waals surface area contributed by atoms with Crippen molar-refractivity contribution in [3.63, 3.8) is 0 Å². The third-order valence-electron chi connectivity index (χ3n) is 2.66. The fourth-order valence-electron chi connectivity index (χ4n) is 1.65. The Morgan fingerprint density at radius 3 is 2.76 bits per heavy atom.